The highest BCUT2D eigenvalue weighted by Crippen LogP contribution is 2.26. The molecule has 3 aromatic carbocycles. The Labute approximate surface area is 252 Å². The molecule has 41 heavy (non-hydrogen) atoms. The fourth-order valence-electron chi connectivity index (χ4n) is 4.19. The first kappa shape index (κ1) is 32.2. The Balaban J connectivity index is 2.08. The molecular weight excluding hydrogens is 585 g/mol. The van der Waals surface area contributed by atoms with Crippen LogP contribution in [-0.4, -0.2) is 57.1 Å². The molecule has 0 spiro atoms. The fourth-order valence-corrected chi connectivity index (χ4v) is 5.51. The van der Waals surface area contributed by atoms with Gasteiger partial charge in [-0.05, 0) is 60.9 Å². The van der Waals surface area contributed by atoms with Crippen LogP contribution in [0.3, 0.4) is 0 Å². The van der Waals surface area contributed by atoms with Crippen molar-refractivity contribution in [1.29, 1.82) is 0 Å². The molecule has 0 bridgehead atoms. The van der Waals surface area contributed by atoms with Crippen LogP contribution < -0.4 is 14.4 Å². The highest BCUT2D eigenvalue weighted by atomic mass is 35.5. The van der Waals surface area contributed by atoms with Crippen molar-refractivity contribution >= 4 is 50.7 Å². The van der Waals surface area contributed by atoms with Crippen LogP contribution in [0, 0.1) is 0 Å². The minimum Gasteiger partial charge on any atom is -0.497 e. The maximum Gasteiger partial charge on any atom is 0.244 e. The summed E-state index contributed by atoms with van der Waals surface area (Å²) in [5.74, 6) is -0.383. The summed E-state index contributed by atoms with van der Waals surface area (Å²) >= 11 is 12.6. The Bertz CT molecular complexity index is 1440. The Hall–Kier alpha value is -3.27. The van der Waals surface area contributed by atoms with Gasteiger partial charge in [0.1, 0.15) is 18.3 Å². The van der Waals surface area contributed by atoms with Gasteiger partial charge >= 0.3 is 0 Å². The topological polar surface area (TPSA) is 96.0 Å². The molecule has 0 aliphatic rings. The van der Waals surface area contributed by atoms with Gasteiger partial charge in [0.2, 0.25) is 21.8 Å². The zero-order valence-corrected chi connectivity index (χ0v) is 25.8. The molecular formula is C30H35Cl2N3O5S. The molecule has 8 nitrogen and oxygen atoms in total. The van der Waals surface area contributed by atoms with Crippen LogP contribution in [-0.2, 0) is 32.6 Å². The molecule has 0 fully saturated rings. The smallest absolute Gasteiger partial charge is 0.244 e. The number of sulfonamides is 1. The number of benzene rings is 3. The van der Waals surface area contributed by atoms with E-state index in [0.29, 0.717) is 27.8 Å². The van der Waals surface area contributed by atoms with E-state index in [2.05, 4.69) is 5.32 Å². The number of halogens is 2. The maximum atomic E-state index is 14.1. The summed E-state index contributed by atoms with van der Waals surface area (Å²) in [7, 11) is -2.38. The Morgan fingerprint density at radius 3 is 2.22 bits per heavy atom. The van der Waals surface area contributed by atoms with Crippen LogP contribution in [0.2, 0.25) is 10.0 Å². The van der Waals surface area contributed by atoms with Gasteiger partial charge in [0, 0.05) is 29.1 Å². The molecule has 0 unspecified atom stereocenters. The number of carbonyl (C=O) groups excluding carboxylic acids is 2. The van der Waals surface area contributed by atoms with Gasteiger partial charge in [-0.25, -0.2) is 8.42 Å². The number of ether oxygens (including phenoxy) is 1. The van der Waals surface area contributed by atoms with Gasteiger partial charge in [0.25, 0.3) is 0 Å². The molecule has 220 valence electrons. The maximum absolute atomic E-state index is 14.1. The van der Waals surface area contributed by atoms with Gasteiger partial charge in [0.15, 0.2) is 0 Å². The Morgan fingerprint density at radius 1 is 1.00 bits per heavy atom. The number of rotatable bonds is 13. The summed E-state index contributed by atoms with van der Waals surface area (Å²) < 4.78 is 32.0. The van der Waals surface area contributed by atoms with E-state index in [-0.39, 0.29) is 30.6 Å². The van der Waals surface area contributed by atoms with Crippen molar-refractivity contribution in [2.75, 3.05) is 24.2 Å². The molecule has 1 N–H and O–H groups in total. The van der Waals surface area contributed by atoms with Crippen molar-refractivity contribution in [2.24, 2.45) is 0 Å². The predicted octanol–water partition coefficient (Wildman–Crippen LogP) is 5.32. The van der Waals surface area contributed by atoms with E-state index in [9.17, 15) is 18.0 Å². The van der Waals surface area contributed by atoms with E-state index >= 15 is 0 Å². The molecule has 3 rings (SSSR count). The monoisotopic (exact) mass is 619 g/mol. The van der Waals surface area contributed by atoms with E-state index in [4.69, 9.17) is 27.9 Å². The molecule has 0 aromatic heterocycles. The van der Waals surface area contributed by atoms with Gasteiger partial charge in [-0.1, -0.05) is 66.5 Å². The molecule has 3 aromatic rings. The third-order valence-electron chi connectivity index (χ3n) is 6.67. The predicted molar refractivity (Wildman–Crippen MR) is 164 cm³/mol. The molecule has 0 aliphatic carbocycles. The molecule has 0 heterocycles. The van der Waals surface area contributed by atoms with Crippen LogP contribution in [0.5, 0.6) is 5.75 Å². The van der Waals surface area contributed by atoms with Crippen LogP contribution in [0.15, 0.2) is 72.8 Å². The van der Waals surface area contributed by atoms with E-state index in [0.717, 1.165) is 16.1 Å². The summed E-state index contributed by atoms with van der Waals surface area (Å²) in [5.41, 5.74) is 1.69. The highest BCUT2D eigenvalue weighted by Gasteiger charge is 2.33. The lowest BCUT2D eigenvalue weighted by molar-refractivity contribution is -0.140. The van der Waals surface area contributed by atoms with Crippen LogP contribution in [0.1, 0.15) is 31.4 Å². The van der Waals surface area contributed by atoms with Gasteiger partial charge in [0.05, 0.1) is 19.1 Å². The zero-order chi connectivity index (χ0) is 30.2. The van der Waals surface area contributed by atoms with Crippen LogP contribution >= 0.6 is 23.2 Å². The minimum absolute atomic E-state index is 0.0412. The number of anilines is 1. The number of carbonyl (C=O) groups is 2. The molecule has 11 heteroatoms. The molecule has 0 aliphatic heterocycles. The average molecular weight is 621 g/mol. The average Bonchev–Trinajstić information content (AvgIpc) is 2.94. The van der Waals surface area contributed by atoms with Crippen molar-refractivity contribution in [3.8, 4) is 5.75 Å². The van der Waals surface area contributed by atoms with Gasteiger partial charge in [-0.15, -0.1) is 0 Å². The quantitative estimate of drug-likeness (QED) is 0.279. The van der Waals surface area contributed by atoms with E-state index in [1.54, 1.807) is 42.5 Å². The largest absolute Gasteiger partial charge is 0.497 e. The second-order valence-electron chi connectivity index (χ2n) is 9.75. The zero-order valence-electron chi connectivity index (χ0n) is 23.5. The summed E-state index contributed by atoms with van der Waals surface area (Å²) in [6, 6.07) is 19.5. The highest BCUT2D eigenvalue weighted by molar-refractivity contribution is 7.92. The van der Waals surface area contributed by atoms with Crippen molar-refractivity contribution < 1.29 is 22.7 Å². The number of nitrogens with zero attached hydrogens (tertiary/aromatic N) is 2. The fraction of sp³-hybridized carbons (Fsp3) is 0.333. The number of nitrogens with one attached hydrogen (secondary N) is 1. The summed E-state index contributed by atoms with van der Waals surface area (Å²) in [6.07, 6.45) is 1.93. The third kappa shape index (κ3) is 9.11. The summed E-state index contributed by atoms with van der Waals surface area (Å²) in [5, 5.41) is 3.74. The van der Waals surface area contributed by atoms with Crippen molar-refractivity contribution in [1.82, 2.24) is 10.2 Å². The van der Waals surface area contributed by atoms with Gasteiger partial charge in [-0.2, -0.15) is 0 Å². The van der Waals surface area contributed by atoms with Gasteiger partial charge in [-0.3, -0.25) is 13.9 Å². The van der Waals surface area contributed by atoms with Crippen molar-refractivity contribution in [3.63, 3.8) is 0 Å². The van der Waals surface area contributed by atoms with Crippen molar-refractivity contribution in [2.45, 2.75) is 45.3 Å². The minimum atomic E-state index is -3.88. The third-order valence-corrected chi connectivity index (χ3v) is 8.40. The lowest BCUT2D eigenvalue weighted by atomic mass is 10.0. The lowest BCUT2D eigenvalue weighted by Gasteiger charge is -2.34. The normalized spacial score (nSPS) is 12.7. The van der Waals surface area contributed by atoms with Crippen LogP contribution in [0.4, 0.5) is 5.69 Å². The van der Waals surface area contributed by atoms with E-state index in [1.807, 2.05) is 44.2 Å². The molecule has 0 saturated carbocycles. The summed E-state index contributed by atoms with van der Waals surface area (Å²) in [6.45, 7) is 3.26. The Morgan fingerprint density at radius 2 is 1.66 bits per heavy atom. The summed E-state index contributed by atoms with van der Waals surface area (Å²) in [4.78, 5) is 29.2. The molecule has 0 saturated heterocycles. The first-order valence-corrected chi connectivity index (χ1v) is 15.7. The first-order valence-electron chi connectivity index (χ1n) is 13.1. The molecule has 2 atom stereocenters. The number of hydrogen-bond acceptors (Lipinski definition) is 5. The Kier molecular flexibility index (Phi) is 11.5. The SMILES string of the molecule is CC[C@H](C)NC(=O)[C@@H](Cc1ccccc1)N(Cc1ccc(Cl)cc1Cl)C(=O)CN(c1ccc(OC)cc1)S(C)(=O)=O. The van der Waals surface area contributed by atoms with E-state index < -0.39 is 28.5 Å². The molecule has 2 amide bonds. The van der Waals surface area contributed by atoms with Crippen LogP contribution in [0.25, 0.3) is 0 Å². The first-order chi connectivity index (χ1) is 19.4. The van der Waals surface area contributed by atoms with E-state index in [1.165, 1.54) is 12.0 Å². The number of methoxy groups -OCH3 is 1. The van der Waals surface area contributed by atoms with Gasteiger partial charge < -0.3 is 15.0 Å². The van der Waals surface area contributed by atoms with Crippen molar-refractivity contribution in [3.05, 3.63) is 94.0 Å². The second-order valence-corrected chi connectivity index (χ2v) is 12.5. The number of hydrogen-bond donors (Lipinski definition) is 1. The lowest BCUT2D eigenvalue weighted by Crippen LogP contribution is -2.54. The second kappa shape index (κ2) is 14.6. The number of amides is 2. The standard InChI is InChI=1S/C30H35Cl2N3O5S/c1-5-21(2)33-30(37)28(17-22-9-7-6-8-10-22)34(19-23-11-12-24(31)18-27(23)32)29(36)20-35(41(4,38)39)25-13-15-26(40-3)16-14-25/h6-16,18,21,28H,5,17,19-20H2,1-4H3,(H,33,37)/t21-,28+/m0/s1. The molecule has 0 radical (unpaired) electrons.